The first-order valence-electron chi connectivity index (χ1n) is 9.65. The smallest absolute Gasteiger partial charge is 0.325 e. The SMILES string of the molecule is C[C@]1(c2ccc3c(c2)CCC3)NC(=O)N(CC(=O)c2ccc3c(c2)OCO3)C1=O. The second-order valence-electron chi connectivity index (χ2n) is 7.77. The van der Waals surface area contributed by atoms with E-state index in [1.165, 1.54) is 11.1 Å². The fourth-order valence-electron chi connectivity index (χ4n) is 4.22. The van der Waals surface area contributed by atoms with Gasteiger partial charge in [0.1, 0.15) is 5.54 Å². The molecule has 1 aliphatic carbocycles. The van der Waals surface area contributed by atoms with Crippen molar-refractivity contribution in [1.82, 2.24) is 10.2 Å². The third-order valence-corrected chi connectivity index (χ3v) is 5.95. The molecule has 1 N–H and O–H groups in total. The average Bonchev–Trinajstić information content (AvgIpc) is 3.42. The number of fused-ring (bicyclic) bond motifs is 2. The van der Waals surface area contributed by atoms with Crippen LogP contribution >= 0.6 is 0 Å². The van der Waals surface area contributed by atoms with Crippen LogP contribution in [-0.2, 0) is 23.2 Å². The third-order valence-electron chi connectivity index (χ3n) is 5.95. The number of carbonyl (C=O) groups excluding carboxylic acids is 3. The first-order chi connectivity index (χ1) is 14.0. The minimum absolute atomic E-state index is 0.110. The number of amides is 3. The quantitative estimate of drug-likeness (QED) is 0.639. The van der Waals surface area contributed by atoms with Gasteiger partial charge in [-0.25, -0.2) is 4.79 Å². The Kier molecular flexibility index (Phi) is 3.87. The number of imide groups is 1. The molecule has 1 fully saturated rings. The fourth-order valence-corrected chi connectivity index (χ4v) is 4.22. The topological polar surface area (TPSA) is 84.9 Å². The lowest BCUT2D eigenvalue weighted by Crippen LogP contribution is -2.41. The number of Topliss-reactive ketones (excluding diaryl/α,β-unsaturated/α-hetero) is 1. The standard InChI is InChI=1S/C22H20N2O5/c1-22(16-7-5-13-3-2-4-14(13)9-16)20(26)24(21(27)23-22)11-17(25)15-6-8-18-19(10-15)29-12-28-18/h5-10H,2-4,11-12H2,1H3,(H,23,27)/t22-/m1/s1. The number of nitrogens with one attached hydrogen (secondary N) is 1. The van der Waals surface area contributed by atoms with Crippen molar-refractivity contribution in [2.75, 3.05) is 13.3 Å². The molecule has 0 unspecified atom stereocenters. The molecule has 29 heavy (non-hydrogen) atoms. The number of hydrogen-bond donors (Lipinski definition) is 1. The summed E-state index contributed by atoms with van der Waals surface area (Å²) in [6.45, 7) is 1.47. The van der Waals surface area contributed by atoms with Crippen LogP contribution in [0.5, 0.6) is 11.5 Å². The number of rotatable bonds is 4. The molecule has 0 aromatic heterocycles. The van der Waals surface area contributed by atoms with Gasteiger partial charge in [0, 0.05) is 5.56 Å². The van der Waals surface area contributed by atoms with Crippen LogP contribution in [-0.4, -0.2) is 36.0 Å². The van der Waals surface area contributed by atoms with Crippen LogP contribution in [0.25, 0.3) is 0 Å². The molecule has 2 aliphatic heterocycles. The highest BCUT2D eigenvalue weighted by Gasteiger charge is 2.49. The van der Waals surface area contributed by atoms with Gasteiger partial charge in [-0.15, -0.1) is 0 Å². The van der Waals surface area contributed by atoms with Crippen molar-refractivity contribution in [1.29, 1.82) is 0 Å². The van der Waals surface area contributed by atoms with Crippen molar-refractivity contribution in [3.05, 3.63) is 58.7 Å². The maximum atomic E-state index is 13.1. The molecular weight excluding hydrogens is 372 g/mol. The zero-order chi connectivity index (χ0) is 20.2. The molecule has 7 nitrogen and oxygen atoms in total. The summed E-state index contributed by atoms with van der Waals surface area (Å²) in [5, 5.41) is 2.78. The summed E-state index contributed by atoms with van der Waals surface area (Å²) in [6, 6.07) is 10.2. The molecule has 0 saturated carbocycles. The minimum atomic E-state index is -1.18. The fraction of sp³-hybridized carbons (Fsp3) is 0.318. The van der Waals surface area contributed by atoms with Crippen molar-refractivity contribution in [2.24, 2.45) is 0 Å². The monoisotopic (exact) mass is 392 g/mol. The highest BCUT2D eigenvalue weighted by atomic mass is 16.7. The van der Waals surface area contributed by atoms with E-state index < -0.39 is 17.5 Å². The van der Waals surface area contributed by atoms with Crippen LogP contribution in [0.2, 0.25) is 0 Å². The zero-order valence-corrected chi connectivity index (χ0v) is 16.0. The largest absolute Gasteiger partial charge is 0.454 e. The second-order valence-corrected chi connectivity index (χ2v) is 7.77. The van der Waals surface area contributed by atoms with Gasteiger partial charge in [0.25, 0.3) is 5.91 Å². The average molecular weight is 392 g/mol. The molecule has 1 saturated heterocycles. The van der Waals surface area contributed by atoms with Gasteiger partial charge in [-0.05, 0) is 61.1 Å². The van der Waals surface area contributed by atoms with E-state index in [1.807, 2.05) is 18.2 Å². The van der Waals surface area contributed by atoms with Crippen molar-refractivity contribution in [3.63, 3.8) is 0 Å². The number of ether oxygens (including phenoxy) is 2. The van der Waals surface area contributed by atoms with Gasteiger partial charge in [-0.3, -0.25) is 14.5 Å². The van der Waals surface area contributed by atoms with E-state index in [4.69, 9.17) is 9.47 Å². The molecule has 3 amide bonds. The molecule has 2 aromatic carbocycles. The van der Waals surface area contributed by atoms with Crippen LogP contribution in [0.1, 0.15) is 40.4 Å². The van der Waals surface area contributed by atoms with E-state index in [0.29, 0.717) is 17.1 Å². The van der Waals surface area contributed by atoms with Crippen LogP contribution in [0.15, 0.2) is 36.4 Å². The Hall–Kier alpha value is -3.35. The Labute approximate surface area is 167 Å². The molecular formula is C22H20N2O5. The van der Waals surface area contributed by atoms with Gasteiger partial charge in [-0.2, -0.15) is 0 Å². The van der Waals surface area contributed by atoms with Crippen molar-refractivity contribution in [2.45, 2.75) is 31.7 Å². The van der Waals surface area contributed by atoms with Crippen LogP contribution in [0.3, 0.4) is 0 Å². The van der Waals surface area contributed by atoms with Crippen molar-refractivity contribution < 1.29 is 23.9 Å². The molecule has 148 valence electrons. The molecule has 0 radical (unpaired) electrons. The number of nitrogens with zero attached hydrogens (tertiary/aromatic N) is 1. The Bertz CT molecular complexity index is 1060. The van der Waals surface area contributed by atoms with E-state index in [1.54, 1.807) is 25.1 Å². The lowest BCUT2D eigenvalue weighted by Gasteiger charge is -2.23. The molecule has 3 aliphatic rings. The minimum Gasteiger partial charge on any atom is -0.454 e. The summed E-state index contributed by atoms with van der Waals surface area (Å²) in [7, 11) is 0. The molecule has 2 aromatic rings. The summed E-state index contributed by atoms with van der Waals surface area (Å²) >= 11 is 0. The van der Waals surface area contributed by atoms with Crippen molar-refractivity contribution >= 4 is 17.7 Å². The van der Waals surface area contributed by atoms with Gasteiger partial charge in [-0.1, -0.05) is 18.2 Å². The van der Waals surface area contributed by atoms with Crippen LogP contribution < -0.4 is 14.8 Å². The number of hydrogen-bond acceptors (Lipinski definition) is 5. The molecule has 5 rings (SSSR count). The Balaban J connectivity index is 1.38. The summed E-state index contributed by atoms with van der Waals surface area (Å²) in [5.41, 5.74) is 2.45. The maximum absolute atomic E-state index is 13.1. The highest BCUT2D eigenvalue weighted by Crippen LogP contribution is 2.34. The van der Waals surface area contributed by atoms with Gasteiger partial charge in [0.05, 0.1) is 6.54 Å². The molecule has 2 heterocycles. The van der Waals surface area contributed by atoms with Crippen LogP contribution in [0.4, 0.5) is 4.79 Å². The Morgan fingerprint density at radius 3 is 2.72 bits per heavy atom. The Morgan fingerprint density at radius 2 is 1.86 bits per heavy atom. The first-order valence-corrected chi connectivity index (χ1v) is 9.65. The number of aryl methyl sites for hydroxylation is 2. The van der Waals surface area contributed by atoms with E-state index in [9.17, 15) is 14.4 Å². The summed E-state index contributed by atoms with van der Waals surface area (Å²) in [6.07, 6.45) is 3.13. The molecule has 0 spiro atoms. The van der Waals surface area contributed by atoms with Gasteiger partial charge in [0.2, 0.25) is 6.79 Å². The predicted molar refractivity (Wildman–Crippen MR) is 103 cm³/mol. The van der Waals surface area contributed by atoms with E-state index >= 15 is 0 Å². The number of urea groups is 1. The molecule has 0 bridgehead atoms. The van der Waals surface area contributed by atoms with E-state index in [-0.39, 0.29) is 19.1 Å². The third kappa shape index (κ3) is 2.76. The van der Waals surface area contributed by atoms with Crippen LogP contribution in [0, 0.1) is 0 Å². The molecule has 1 atom stereocenters. The number of carbonyl (C=O) groups is 3. The Morgan fingerprint density at radius 1 is 1.07 bits per heavy atom. The lowest BCUT2D eigenvalue weighted by atomic mass is 9.89. The lowest BCUT2D eigenvalue weighted by molar-refractivity contribution is -0.130. The van der Waals surface area contributed by atoms with E-state index in [0.717, 1.165) is 29.7 Å². The zero-order valence-electron chi connectivity index (χ0n) is 16.0. The van der Waals surface area contributed by atoms with E-state index in [2.05, 4.69) is 5.32 Å². The molecule has 7 heteroatoms. The van der Waals surface area contributed by atoms with Gasteiger partial charge < -0.3 is 14.8 Å². The number of benzene rings is 2. The number of ketones is 1. The normalized spacial score (nSPS) is 22.0. The maximum Gasteiger partial charge on any atom is 0.325 e. The van der Waals surface area contributed by atoms with Crippen molar-refractivity contribution in [3.8, 4) is 11.5 Å². The summed E-state index contributed by atoms with van der Waals surface area (Å²) < 4.78 is 10.5. The highest BCUT2D eigenvalue weighted by molar-refractivity contribution is 6.11. The summed E-state index contributed by atoms with van der Waals surface area (Å²) in [5.74, 6) is 0.288. The first kappa shape index (κ1) is 17.7. The second kappa shape index (κ2) is 6.34. The summed E-state index contributed by atoms with van der Waals surface area (Å²) in [4.78, 5) is 39.4. The van der Waals surface area contributed by atoms with Gasteiger partial charge >= 0.3 is 6.03 Å². The van der Waals surface area contributed by atoms with Gasteiger partial charge in [0.15, 0.2) is 17.3 Å². The predicted octanol–water partition coefficient (Wildman–Crippen LogP) is 2.55.